The normalized spacial score (nSPS) is 11.3. The molecule has 84 valence electrons. The van der Waals surface area contributed by atoms with Crippen molar-refractivity contribution < 1.29 is 9.53 Å². The summed E-state index contributed by atoms with van der Waals surface area (Å²) >= 11 is 10.3. The highest BCUT2D eigenvalue weighted by atomic mass is 79.9. The van der Waals surface area contributed by atoms with E-state index in [9.17, 15) is 4.79 Å². The van der Waals surface area contributed by atoms with E-state index in [1.54, 1.807) is 6.07 Å². The third-order valence-electron chi connectivity index (χ3n) is 1.31. The van der Waals surface area contributed by atoms with Crippen LogP contribution in [0.5, 0.6) is 5.75 Å². The maximum absolute atomic E-state index is 11.4. The molecule has 0 aliphatic carbocycles. The Bertz CT molecular complexity index is 373. The van der Waals surface area contributed by atoms with Crippen molar-refractivity contribution >= 4 is 45.0 Å². The first-order valence-corrected chi connectivity index (χ1v) is 6.21. The van der Waals surface area contributed by atoms with Gasteiger partial charge in [-0.3, -0.25) is 0 Å². The van der Waals surface area contributed by atoms with Crippen LogP contribution in [0, 0.1) is 0 Å². The van der Waals surface area contributed by atoms with Gasteiger partial charge in [0, 0.05) is 11.6 Å². The molecule has 0 saturated heterocycles. The number of halogens is 2. The molecule has 3 nitrogen and oxygen atoms in total. The fourth-order valence-corrected chi connectivity index (χ4v) is 2.69. The van der Waals surface area contributed by atoms with Gasteiger partial charge in [0.2, 0.25) is 0 Å². The molecule has 0 aliphatic heterocycles. The van der Waals surface area contributed by atoms with Crippen LogP contribution in [-0.2, 0) is 0 Å². The smallest absolute Gasteiger partial charge is 0.408 e. The predicted molar refractivity (Wildman–Crippen MR) is 65.9 cm³/mol. The van der Waals surface area contributed by atoms with E-state index >= 15 is 0 Å². The number of hydrogen-bond acceptors (Lipinski definition) is 3. The largest absolute Gasteiger partial charge is 0.413 e. The molecular weight excluding hydrogens is 302 g/mol. The molecule has 0 saturated carbocycles. The predicted octanol–water partition coefficient (Wildman–Crippen LogP) is 4.05. The lowest BCUT2D eigenvalue weighted by molar-refractivity contribution is 0.190. The zero-order chi connectivity index (χ0) is 11.6. The highest BCUT2D eigenvalue weighted by molar-refractivity contribution is 9.11. The van der Waals surface area contributed by atoms with Crippen molar-refractivity contribution in [3.05, 3.63) is 14.2 Å². The van der Waals surface area contributed by atoms with Crippen molar-refractivity contribution in [2.75, 3.05) is 0 Å². The topological polar surface area (TPSA) is 38.3 Å². The molecule has 0 bridgehead atoms. The molecule has 1 rings (SSSR count). The van der Waals surface area contributed by atoms with Crippen LogP contribution < -0.4 is 10.1 Å². The Kier molecular flexibility index (Phi) is 4.03. The second-order valence-electron chi connectivity index (χ2n) is 3.95. The molecule has 6 heteroatoms. The van der Waals surface area contributed by atoms with Gasteiger partial charge in [0.25, 0.3) is 0 Å². The molecule has 0 aromatic carbocycles. The van der Waals surface area contributed by atoms with Crippen LogP contribution in [-0.4, -0.2) is 11.6 Å². The SMILES string of the molecule is CC(C)(C)NC(=O)Oc1cc(Cl)sc1Br. The third kappa shape index (κ3) is 4.40. The quantitative estimate of drug-likeness (QED) is 0.849. The molecule has 0 unspecified atom stereocenters. The molecular formula is C9H11BrClNO2S. The molecule has 1 aromatic rings. The van der Waals surface area contributed by atoms with Gasteiger partial charge in [-0.1, -0.05) is 11.6 Å². The summed E-state index contributed by atoms with van der Waals surface area (Å²) in [6, 6.07) is 1.60. The van der Waals surface area contributed by atoms with Crippen LogP contribution in [0.4, 0.5) is 4.79 Å². The highest BCUT2D eigenvalue weighted by Gasteiger charge is 2.17. The first-order valence-electron chi connectivity index (χ1n) is 4.23. The number of carbonyl (C=O) groups excluding carboxylic acids is 1. The van der Waals surface area contributed by atoms with Crippen molar-refractivity contribution in [1.29, 1.82) is 0 Å². The molecule has 1 aromatic heterocycles. The number of rotatable bonds is 1. The number of hydrogen-bond donors (Lipinski definition) is 1. The van der Waals surface area contributed by atoms with E-state index in [4.69, 9.17) is 16.3 Å². The van der Waals surface area contributed by atoms with Gasteiger partial charge in [-0.05, 0) is 36.7 Å². The molecule has 1 N–H and O–H groups in total. The van der Waals surface area contributed by atoms with Crippen molar-refractivity contribution in [3.63, 3.8) is 0 Å². The van der Waals surface area contributed by atoms with E-state index in [1.807, 2.05) is 20.8 Å². The van der Waals surface area contributed by atoms with Gasteiger partial charge in [-0.2, -0.15) is 0 Å². The summed E-state index contributed by atoms with van der Waals surface area (Å²) in [7, 11) is 0. The maximum Gasteiger partial charge on any atom is 0.413 e. The van der Waals surface area contributed by atoms with Crippen LogP contribution in [0.15, 0.2) is 9.85 Å². The van der Waals surface area contributed by atoms with Crippen molar-refractivity contribution in [2.24, 2.45) is 0 Å². The van der Waals surface area contributed by atoms with Crippen molar-refractivity contribution in [2.45, 2.75) is 26.3 Å². The zero-order valence-electron chi connectivity index (χ0n) is 8.56. The van der Waals surface area contributed by atoms with Crippen LogP contribution in [0.2, 0.25) is 4.34 Å². The van der Waals surface area contributed by atoms with Crippen LogP contribution in [0.3, 0.4) is 0 Å². The molecule has 1 amide bonds. The molecule has 0 aliphatic rings. The Morgan fingerprint density at radius 3 is 2.60 bits per heavy atom. The van der Waals surface area contributed by atoms with Crippen LogP contribution in [0.25, 0.3) is 0 Å². The average Bonchev–Trinajstić information content (AvgIpc) is 2.25. The second-order valence-corrected chi connectivity index (χ2v) is 6.95. The number of ether oxygens (including phenoxy) is 1. The fourth-order valence-electron chi connectivity index (χ4n) is 0.826. The Balaban J connectivity index is 2.63. The fraction of sp³-hybridized carbons (Fsp3) is 0.444. The second kappa shape index (κ2) is 4.72. The molecule has 1 heterocycles. The summed E-state index contributed by atoms with van der Waals surface area (Å²) < 4.78 is 6.35. The van der Waals surface area contributed by atoms with E-state index in [1.165, 1.54) is 11.3 Å². The van der Waals surface area contributed by atoms with E-state index in [-0.39, 0.29) is 5.54 Å². The minimum atomic E-state index is -0.488. The Morgan fingerprint density at radius 2 is 2.20 bits per heavy atom. The Labute approximate surface area is 106 Å². The number of carbonyl (C=O) groups is 1. The Hall–Kier alpha value is -0.260. The number of nitrogens with one attached hydrogen (secondary N) is 1. The van der Waals surface area contributed by atoms with Gasteiger partial charge < -0.3 is 10.1 Å². The van der Waals surface area contributed by atoms with Gasteiger partial charge >= 0.3 is 6.09 Å². The average molecular weight is 313 g/mol. The van der Waals surface area contributed by atoms with E-state index < -0.39 is 6.09 Å². The minimum absolute atomic E-state index is 0.316. The lowest BCUT2D eigenvalue weighted by Crippen LogP contribution is -2.42. The highest BCUT2D eigenvalue weighted by Crippen LogP contribution is 2.37. The molecule has 0 atom stereocenters. The summed E-state index contributed by atoms with van der Waals surface area (Å²) in [5.41, 5.74) is -0.316. The van der Waals surface area contributed by atoms with Gasteiger partial charge in [0.05, 0.1) is 4.34 Å². The molecule has 0 radical (unpaired) electrons. The first kappa shape index (κ1) is 12.8. The van der Waals surface area contributed by atoms with Gasteiger partial charge in [0.1, 0.15) is 3.79 Å². The summed E-state index contributed by atoms with van der Waals surface area (Å²) in [6.07, 6.45) is -0.488. The van der Waals surface area contributed by atoms with Crippen molar-refractivity contribution in [1.82, 2.24) is 5.32 Å². The summed E-state index contributed by atoms with van der Waals surface area (Å²) in [4.78, 5) is 11.4. The lowest BCUT2D eigenvalue weighted by atomic mass is 10.1. The zero-order valence-corrected chi connectivity index (χ0v) is 11.7. The van der Waals surface area contributed by atoms with E-state index in [0.29, 0.717) is 13.9 Å². The first-order chi connectivity index (χ1) is 6.78. The van der Waals surface area contributed by atoms with E-state index in [2.05, 4.69) is 21.2 Å². The monoisotopic (exact) mass is 311 g/mol. The third-order valence-corrected chi connectivity index (χ3v) is 3.22. The summed E-state index contributed by atoms with van der Waals surface area (Å²) in [5, 5.41) is 2.68. The summed E-state index contributed by atoms with van der Waals surface area (Å²) in [6.45, 7) is 5.64. The number of thiophene rings is 1. The lowest BCUT2D eigenvalue weighted by Gasteiger charge is -2.19. The number of amides is 1. The molecule has 0 spiro atoms. The molecule has 0 fully saturated rings. The minimum Gasteiger partial charge on any atom is -0.408 e. The van der Waals surface area contributed by atoms with Crippen LogP contribution >= 0.6 is 38.9 Å². The Morgan fingerprint density at radius 1 is 1.60 bits per heavy atom. The molecule has 15 heavy (non-hydrogen) atoms. The summed E-state index contributed by atoms with van der Waals surface area (Å²) in [5.74, 6) is 0.437. The van der Waals surface area contributed by atoms with Gasteiger partial charge in [-0.15, -0.1) is 11.3 Å². The van der Waals surface area contributed by atoms with Crippen molar-refractivity contribution in [3.8, 4) is 5.75 Å². The maximum atomic E-state index is 11.4. The van der Waals surface area contributed by atoms with Gasteiger partial charge in [-0.25, -0.2) is 4.79 Å². The van der Waals surface area contributed by atoms with E-state index in [0.717, 1.165) is 0 Å². The van der Waals surface area contributed by atoms with Crippen LogP contribution in [0.1, 0.15) is 20.8 Å². The van der Waals surface area contributed by atoms with Gasteiger partial charge in [0.15, 0.2) is 5.75 Å². The standard InChI is InChI=1S/C9H11BrClNO2S/c1-9(2,3)12-8(13)14-5-4-6(11)15-7(5)10/h4H,1-3H3,(H,12,13).